The van der Waals surface area contributed by atoms with Crippen LogP contribution in [0.5, 0.6) is 5.75 Å². The third-order valence-electron chi connectivity index (χ3n) is 2.98. The molecule has 0 aliphatic heterocycles. The van der Waals surface area contributed by atoms with Crippen LogP contribution < -0.4 is 10.1 Å². The van der Waals surface area contributed by atoms with Gasteiger partial charge in [-0.2, -0.15) is 0 Å². The van der Waals surface area contributed by atoms with Crippen LogP contribution in [0.25, 0.3) is 0 Å². The molecule has 0 amide bonds. The van der Waals surface area contributed by atoms with Gasteiger partial charge in [-0.1, -0.05) is 6.07 Å². The summed E-state index contributed by atoms with van der Waals surface area (Å²) in [6.07, 6.45) is 3.61. The summed E-state index contributed by atoms with van der Waals surface area (Å²) in [4.78, 5) is 4.03. The lowest BCUT2D eigenvalue weighted by atomic mass is 10.1. The molecule has 0 saturated carbocycles. The van der Waals surface area contributed by atoms with E-state index in [4.69, 9.17) is 9.47 Å². The van der Waals surface area contributed by atoms with Crippen LogP contribution in [0.3, 0.4) is 0 Å². The maximum atomic E-state index is 5.60. The van der Waals surface area contributed by atoms with Gasteiger partial charge in [-0.3, -0.25) is 4.98 Å². The summed E-state index contributed by atoms with van der Waals surface area (Å²) in [5.74, 6) is 0.842. The van der Waals surface area contributed by atoms with Gasteiger partial charge >= 0.3 is 0 Å². The first-order valence-electron chi connectivity index (χ1n) is 6.68. The van der Waals surface area contributed by atoms with Gasteiger partial charge in [-0.25, -0.2) is 0 Å². The Hall–Kier alpha value is -2.07. The average Bonchev–Trinajstić information content (AvgIpc) is 2.49. The SMILES string of the molecule is COCCOc1cccc(NC(C)c2ccncc2)c1. The fourth-order valence-corrected chi connectivity index (χ4v) is 1.90. The largest absolute Gasteiger partial charge is 0.491 e. The fraction of sp³-hybridized carbons (Fsp3) is 0.312. The van der Waals surface area contributed by atoms with Crippen molar-refractivity contribution in [2.45, 2.75) is 13.0 Å². The van der Waals surface area contributed by atoms with Crippen molar-refractivity contribution in [1.29, 1.82) is 0 Å². The van der Waals surface area contributed by atoms with Crippen molar-refractivity contribution in [2.75, 3.05) is 25.6 Å². The molecule has 20 heavy (non-hydrogen) atoms. The highest BCUT2D eigenvalue weighted by Crippen LogP contribution is 2.22. The number of nitrogens with zero attached hydrogens (tertiary/aromatic N) is 1. The Morgan fingerprint density at radius 3 is 2.70 bits per heavy atom. The average molecular weight is 272 g/mol. The first-order chi connectivity index (χ1) is 9.79. The minimum atomic E-state index is 0.215. The van der Waals surface area contributed by atoms with Gasteiger partial charge in [0.25, 0.3) is 0 Å². The van der Waals surface area contributed by atoms with Gasteiger partial charge in [0.1, 0.15) is 12.4 Å². The van der Waals surface area contributed by atoms with Gasteiger partial charge in [-0.15, -0.1) is 0 Å². The number of hydrogen-bond donors (Lipinski definition) is 1. The highest BCUT2D eigenvalue weighted by atomic mass is 16.5. The number of anilines is 1. The Labute approximate surface area is 119 Å². The van der Waals surface area contributed by atoms with Gasteiger partial charge in [-0.05, 0) is 36.8 Å². The van der Waals surface area contributed by atoms with Crippen molar-refractivity contribution in [1.82, 2.24) is 4.98 Å². The van der Waals surface area contributed by atoms with Crippen molar-refractivity contribution < 1.29 is 9.47 Å². The molecule has 0 aliphatic carbocycles. The molecule has 0 radical (unpaired) electrons. The Bertz CT molecular complexity index is 517. The van der Waals surface area contributed by atoms with E-state index < -0.39 is 0 Å². The lowest BCUT2D eigenvalue weighted by Crippen LogP contribution is -2.07. The number of ether oxygens (including phenoxy) is 2. The number of nitrogens with one attached hydrogen (secondary N) is 1. The lowest BCUT2D eigenvalue weighted by molar-refractivity contribution is 0.146. The molecule has 1 N–H and O–H groups in total. The summed E-state index contributed by atoms with van der Waals surface area (Å²) < 4.78 is 10.6. The number of methoxy groups -OCH3 is 1. The summed E-state index contributed by atoms with van der Waals surface area (Å²) in [6.45, 7) is 3.26. The van der Waals surface area contributed by atoms with E-state index in [9.17, 15) is 0 Å². The summed E-state index contributed by atoms with van der Waals surface area (Å²) in [7, 11) is 1.66. The Morgan fingerprint density at radius 1 is 1.15 bits per heavy atom. The van der Waals surface area contributed by atoms with E-state index in [2.05, 4.69) is 17.2 Å². The van der Waals surface area contributed by atoms with E-state index >= 15 is 0 Å². The smallest absolute Gasteiger partial charge is 0.121 e. The Kier molecular flexibility index (Phi) is 5.38. The molecule has 2 rings (SSSR count). The zero-order chi connectivity index (χ0) is 14.2. The van der Waals surface area contributed by atoms with Gasteiger partial charge in [0.15, 0.2) is 0 Å². The molecule has 0 fully saturated rings. The quantitative estimate of drug-likeness (QED) is 0.786. The second-order valence-electron chi connectivity index (χ2n) is 4.52. The maximum absolute atomic E-state index is 5.60. The summed E-state index contributed by atoms with van der Waals surface area (Å²) in [6, 6.07) is 12.2. The molecular formula is C16H20N2O2. The molecule has 4 nitrogen and oxygen atoms in total. The molecule has 1 atom stereocenters. The van der Waals surface area contributed by atoms with Crippen LogP contribution in [-0.4, -0.2) is 25.3 Å². The van der Waals surface area contributed by atoms with Crippen LogP contribution in [0.1, 0.15) is 18.5 Å². The molecule has 0 spiro atoms. The summed E-state index contributed by atoms with van der Waals surface area (Å²) in [5.41, 5.74) is 2.23. The molecule has 1 unspecified atom stereocenters. The standard InChI is InChI=1S/C16H20N2O2/c1-13(14-6-8-17-9-7-14)18-15-4-3-5-16(12-15)20-11-10-19-2/h3-9,12-13,18H,10-11H2,1-2H3. The van der Waals surface area contributed by atoms with Crippen molar-refractivity contribution in [3.8, 4) is 5.75 Å². The molecule has 2 aromatic rings. The van der Waals surface area contributed by atoms with Gasteiger partial charge in [0.05, 0.1) is 6.61 Å². The zero-order valence-corrected chi connectivity index (χ0v) is 11.9. The highest BCUT2D eigenvalue weighted by molar-refractivity contribution is 5.49. The highest BCUT2D eigenvalue weighted by Gasteiger charge is 2.05. The number of benzene rings is 1. The van der Waals surface area contributed by atoms with Crippen LogP contribution in [-0.2, 0) is 4.74 Å². The third kappa shape index (κ3) is 4.24. The predicted octanol–water partition coefficient (Wildman–Crippen LogP) is 3.28. The normalized spacial score (nSPS) is 11.9. The molecule has 0 saturated heterocycles. The minimum Gasteiger partial charge on any atom is -0.491 e. The van der Waals surface area contributed by atoms with E-state index in [0.717, 1.165) is 11.4 Å². The van der Waals surface area contributed by atoms with Crippen molar-refractivity contribution >= 4 is 5.69 Å². The van der Waals surface area contributed by atoms with Crippen molar-refractivity contribution in [3.05, 3.63) is 54.4 Å². The number of rotatable bonds is 7. The second-order valence-corrected chi connectivity index (χ2v) is 4.52. The molecular weight excluding hydrogens is 252 g/mol. The molecule has 4 heteroatoms. The zero-order valence-electron chi connectivity index (χ0n) is 11.9. The monoisotopic (exact) mass is 272 g/mol. The number of pyridine rings is 1. The van der Waals surface area contributed by atoms with Gasteiger partial charge in [0, 0.05) is 37.3 Å². The number of hydrogen-bond acceptors (Lipinski definition) is 4. The Morgan fingerprint density at radius 2 is 1.95 bits per heavy atom. The predicted molar refractivity (Wildman–Crippen MR) is 80.1 cm³/mol. The molecule has 1 heterocycles. The molecule has 0 aliphatic rings. The summed E-state index contributed by atoms with van der Waals surface area (Å²) >= 11 is 0. The van der Waals surface area contributed by atoms with Crippen LogP contribution in [0.4, 0.5) is 5.69 Å². The van der Waals surface area contributed by atoms with E-state index in [0.29, 0.717) is 13.2 Å². The van der Waals surface area contributed by atoms with Crippen LogP contribution in [0.15, 0.2) is 48.8 Å². The fourth-order valence-electron chi connectivity index (χ4n) is 1.90. The van der Waals surface area contributed by atoms with E-state index in [1.807, 2.05) is 36.4 Å². The van der Waals surface area contributed by atoms with Crippen LogP contribution >= 0.6 is 0 Å². The van der Waals surface area contributed by atoms with E-state index in [1.54, 1.807) is 19.5 Å². The first kappa shape index (κ1) is 14.3. The topological polar surface area (TPSA) is 43.4 Å². The molecule has 0 bridgehead atoms. The van der Waals surface area contributed by atoms with E-state index in [1.165, 1.54) is 5.56 Å². The maximum Gasteiger partial charge on any atom is 0.121 e. The molecule has 1 aromatic carbocycles. The number of aromatic nitrogens is 1. The van der Waals surface area contributed by atoms with Crippen LogP contribution in [0.2, 0.25) is 0 Å². The van der Waals surface area contributed by atoms with E-state index in [-0.39, 0.29) is 6.04 Å². The first-order valence-corrected chi connectivity index (χ1v) is 6.68. The second kappa shape index (κ2) is 7.50. The van der Waals surface area contributed by atoms with Crippen molar-refractivity contribution in [3.63, 3.8) is 0 Å². The summed E-state index contributed by atoms with van der Waals surface area (Å²) in [5, 5.41) is 3.45. The van der Waals surface area contributed by atoms with Crippen molar-refractivity contribution in [2.24, 2.45) is 0 Å². The minimum absolute atomic E-state index is 0.215. The lowest BCUT2D eigenvalue weighted by Gasteiger charge is -2.16. The molecule has 106 valence electrons. The Balaban J connectivity index is 1.97. The van der Waals surface area contributed by atoms with Gasteiger partial charge < -0.3 is 14.8 Å². The third-order valence-corrected chi connectivity index (χ3v) is 2.98. The van der Waals surface area contributed by atoms with Gasteiger partial charge in [0.2, 0.25) is 0 Å². The van der Waals surface area contributed by atoms with Crippen LogP contribution in [0, 0.1) is 0 Å². The molecule has 1 aromatic heterocycles.